The number of rotatable bonds is 5. The lowest BCUT2D eigenvalue weighted by molar-refractivity contribution is -0.121. The molecule has 142 valence electrons. The van der Waals surface area contributed by atoms with Gasteiger partial charge in [0.25, 0.3) is 0 Å². The number of likely N-dealkylation sites (tertiary alicyclic amines) is 1. The summed E-state index contributed by atoms with van der Waals surface area (Å²) in [6.45, 7) is 3.05. The van der Waals surface area contributed by atoms with E-state index < -0.39 is 5.54 Å². The highest BCUT2D eigenvalue weighted by Gasteiger charge is 2.42. The minimum absolute atomic E-state index is 0.0962. The number of nitrogens with one attached hydrogen (secondary N) is 2. The van der Waals surface area contributed by atoms with Crippen molar-refractivity contribution in [3.05, 3.63) is 60.7 Å². The maximum absolute atomic E-state index is 13.2. The molecule has 6 heteroatoms. The van der Waals surface area contributed by atoms with E-state index in [0.29, 0.717) is 32.5 Å². The first kappa shape index (κ1) is 18.8. The molecule has 2 aromatic carbocycles. The number of carbonyl (C=O) groups is 2. The zero-order valence-corrected chi connectivity index (χ0v) is 15.5. The molecule has 1 heterocycles. The maximum atomic E-state index is 13.2. The summed E-state index contributed by atoms with van der Waals surface area (Å²) in [5.74, 6) is -0.0962. The zero-order valence-electron chi connectivity index (χ0n) is 15.5. The number of carbonyl (C=O) groups excluding carboxylic acids is 2. The lowest BCUT2D eigenvalue weighted by Gasteiger charge is -2.41. The van der Waals surface area contributed by atoms with Gasteiger partial charge < -0.3 is 20.3 Å². The molecule has 0 atom stereocenters. The smallest absolute Gasteiger partial charge is 0.409 e. The van der Waals surface area contributed by atoms with Crippen molar-refractivity contribution in [3.63, 3.8) is 0 Å². The van der Waals surface area contributed by atoms with E-state index in [1.807, 2.05) is 60.7 Å². The van der Waals surface area contributed by atoms with Crippen molar-refractivity contribution in [2.75, 3.05) is 30.3 Å². The van der Waals surface area contributed by atoms with Gasteiger partial charge in [0.05, 0.1) is 6.61 Å². The third-order valence-corrected chi connectivity index (χ3v) is 4.77. The van der Waals surface area contributed by atoms with Gasteiger partial charge in [-0.2, -0.15) is 0 Å². The zero-order chi connectivity index (χ0) is 19.1. The third kappa shape index (κ3) is 4.58. The van der Waals surface area contributed by atoms with Gasteiger partial charge in [-0.25, -0.2) is 4.79 Å². The van der Waals surface area contributed by atoms with Crippen molar-refractivity contribution < 1.29 is 14.3 Å². The van der Waals surface area contributed by atoms with Crippen LogP contribution in [-0.4, -0.2) is 42.1 Å². The van der Waals surface area contributed by atoms with Gasteiger partial charge in [-0.3, -0.25) is 4.79 Å². The minimum Gasteiger partial charge on any atom is -0.450 e. The first-order valence-electron chi connectivity index (χ1n) is 9.24. The molecule has 0 spiro atoms. The highest BCUT2D eigenvalue weighted by Crippen LogP contribution is 2.29. The second kappa shape index (κ2) is 8.58. The highest BCUT2D eigenvalue weighted by molar-refractivity contribution is 6.00. The van der Waals surface area contributed by atoms with Gasteiger partial charge in [-0.15, -0.1) is 0 Å². The summed E-state index contributed by atoms with van der Waals surface area (Å²) in [4.78, 5) is 26.9. The SMILES string of the molecule is CCOC(=O)N1CCC(Nc2ccccc2)(C(=O)Nc2ccccc2)CC1. The van der Waals surface area contributed by atoms with Gasteiger partial charge in [0.1, 0.15) is 5.54 Å². The Hall–Kier alpha value is -3.02. The molecule has 6 nitrogen and oxygen atoms in total. The molecule has 0 radical (unpaired) electrons. The summed E-state index contributed by atoms with van der Waals surface area (Å²) in [6, 6.07) is 19.1. The molecule has 3 rings (SSSR count). The Balaban J connectivity index is 1.78. The van der Waals surface area contributed by atoms with Crippen LogP contribution in [0, 0.1) is 0 Å². The fourth-order valence-corrected chi connectivity index (χ4v) is 3.26. The van der Waals surface area contributed by atoms with E-state index in [2.05, 4.69) is 10.6 Å². The molecule has 0 bridgehead atoms. The molecule has 1 fully saturated rings. The molecule has 1 aliphatic heterocycles. The first-order valence-corrected chi connectivity index (χ1v) is 9.24. The average Bonchev–Trinajstić information content (AvgIpc) is 2.70. The largest absolute Gasteiger partial charge is 0.450 e. The molecule has 0 aliphatic carbocycles. The summed E-state index contributed by atoms with van der Waals surface area (Å²) < 4.78 is 5.09. The molecule has 1 aliphatic rings. The number of nitrogens with zero attached hydrogens (tertiary/aromatic N) is 1. The fraction of sp³-hybridized carbons (Fsp3) is 0.333. The second-order valence-electron chi connectivity index (χ2n) is 6.58. The number of hydrogen-bond acceptors (Lipinski definition) is 4. The Morgan fingerprint density at radius 2 is 1.52 bits per heavy atom. The Labute approximate surface area is 159 Å². The average molecular weight is 367 g/mol. The molecule has 1 saturated heterocycles. The van der Waals surface area contributed by atoms with E-state index in [1.165, 1.54) is 0 Å². The van der Waals surface area contributed by atoms with Gasteiger partial charge in [-0.1, -0.05) is 36.4 Å². The minimum atomic E-state index is -0.791. The van der Waals surface area contributed by atoms with Crippen LogP contribution < -0.4 is 10.6 Å². The van der Waals surface area contributed by atoms with Crippen molar-refractivity contribution in [2.45, 2.75) is 25.3 Å². The lowest BCUT2D eigenvalue weighted by Crippen LogP contribution is -2.57. The summed E-state index contributed by atoms with van der Waals surface area (Å²) in [5.41, 5.74) is 0.843. The summed E-state index contributed by atoms with van der Waals surface area (Å²) in [7, 11) is 0. The topological polar surface area (TPSA) is 70.7 Å². The standard InChI is InChI=1S/C21H25N3O3/c1-2-27-20(26)24-15-13-21(14-16-24,23-18-11-7-4-8-12-18)19(25)22-17-9-5-3-6-10-17/h3-12,23H,2,13-16H2,1H3,(H,22,25). The second-order valence-corrected chi connectivity index (χ2v) is 6.58. The van der Waals surface area contributed by atoms with Crippen LogP contribution in [0.4, 0.5) is 16.2 Å². The van der Waals surface area contributed by atoms with E-state index >= 15 is 0 Å². The normalized spacial score (nSPS) is 15.7. The monoisotopic (exact) mass is 367 g/mol. The Morgan fingerprint density at radius 1 is 0.963 bits per heavy atom. The highest BCUT2D eigenvalue weighted by atomic mass is 16.6. The van der Waals surface area contributed by atoms with Crippen LogP contribution in [0.3, 0.4) is 0 Å². The molecule has 0 unspecified atom stereocenters. The van der Waals surface area contributed by atoms with Crippen LogP contribution in [0.1, 0.15) is 19.8 Å². The van der Waals surface area contributed by atoms with Crippen molar-refractivity contribution >= 4 is 23.4 Å². The van der Waals surface area contributed by atoms with Crippen LogP contribution in [0.25, 0.3) is 0 Å². The van der Waals surface area contributed by atoms with Crippen molar-refractivity contribution in [3.8, 4) is 0 Å². The Morgan fingerprint density at radius 3 is 2.07 bits per heavy atom. The number of hydrogen-bond donors (Lipinski definition) is 2. The quantitative estimate of drug-likeness (QED) is 0.845. The number of piperidine rings is 1. The van der Waals surface area contributed by atoms with Gasteiger partial charge in [0, 0.05) is 24.5 Å². The summed E-state index contributed by atoms with van der Waals surface area (Å²) in [6.07, 6.45) is 0.674. The predicted octanol–water partition coefficient (Wildman–Crippen LogP) is 3.73. The van der Waals surface area contributed by atoms with Gasteiger partial charge >= 0.3 is 6.09 Å². The Kier molecular flexibility index (Phi) is 5.96. The number of benzene rings is 2. The molecule has 0 saturated carbocycles. The summed E-state index contributed by atoms with van der Waals surface area (Å²) in [5, 5.41) is 6.42. The molecule has 2 N–H and O–H groups in total. The van der Waals surface area contributed by atoms with Crippen LogP contribution in [0.5, 0.6) is 0 Å². The molecular formula is C21H25N3O3. The number of para-hydroxylation sites is 2. The van der Waals surface area contributed by atoms with Crippen LogP contribution in [0.2, 0.25) is 0 Å². The van der Waals surface area contributed by atoms with E-state index in [9.17, 15) is 9.59 Å². The fourth-order valence-electron chi connectivity index (χ4n) is 3.26. The van der Waals surface area contributed by atoms with E-state index in [1.54, 1.807) is 11.8 Å². The van der Waals surface area contributed by atoms with Gasteiger partial charge in [-0.05, 0) is 44.0 Å². The molecule has 27 heavy (non-hydrogen) atoms. The number of ether oxygens (including phenoxy) is 1. The lowest BCUT2D eigenvalue weighted by atomic mass is 9.86. The number of anilines is 2. The van der Waals surface area contributed by atoms with Crippen LogP contribution in [0.15, 0.2) is 60.7 Å². The van der Waals surface area contributed by atoms with Crippen molar-refractivity contribution in [1.82, 2.24) is 4.90 Å². The van der Waals surface area contributed by atoms with Crippen molar-refractivity contribution in [2.24, 2.45) is 0 Å². The molecule has 2 aromatic rings. The van der Waals surface area contributed by atoms with Crippen LogP contribution >= 0.6 is 0 Å². The van der Waals surface area contributed by atoms with E-state index in [4.69, 9.17) is 4.74 Å². The third-order valence-electron chi connectivity index (χ3n) is 4.77. The Bertz CT molecular complexity index is 757. The molecular weight excluding hydrogens is 342 g/mol. The maximum Gasteiger partial charge on any atom is 0.409 e. The van der Waals surface area contributed by atoms with Crippen molar-refractivity contribution in [1.29, 1.82) is 0 Å². The molecule has 2 amide bonds. The molecule has 0 aromatic heterocycles. The van der Waals surface area contributed by atoms with E-state index in [-0.39, 0.29) is 12.0 Å². The van der Waals surface area contributed by atoms with E-state index in [0.717, 1.165) is 11.4 Å². The number of amides is 2. The van der Waals surface area contributed by atoms with Gasteiger partial charge in [0.15, 0.2) is 0 Å². The predicted molar refractivity (Wildman–Crippen MR) is 106 cm³/mol. The van der Waals surface area contributed by atoms with Gasteiger partial charge in [0.2, 0.25) is 5.91 Å². The first-order chi connectivity index (χ1) is 13.1. The van der Waals surface area contributed by atoms with Crippen LogP contribution in [-0.2, 0) is 9.53 Å². The summed E-state index contributed by atoms with van der Waals surface area (Å²) >= 11 is 0.